The van der Waals surface area contributed by atoms with Crippen molar-refractivity contribution in [3.8, 4) is 0 Å². The third-order valence-corrected chi connectivity index (χ3v) is 2.97. The summed E-state index contributed by atoms with van der Waals surface area (Å²) >= 11 is 0. The zero-order chi connectivity index (χ0) is 14.5. The molecule has 2 aromatic rings. The van der Waals surface area contributed by atoms with E-state index in [1.54, 1.807) is 18.0 Å². The number of ether oxygens (including phenoxy) is 2. The Bertz CT molecular complexity index is 590. The second kappa shape index (κ2) is 6.29. The maximum Gasteiger partial charge on any atom is 0.360 e. The minimum Gasteiger partial charge on any atom is -0.464 e. The van der Waals surface area contributed by atoms with Gasteiger partial charge in [0.25, 0.3) is 0 Å². The number of carbonyl (C=O) groups excluding carboxylic acids is 1. The topological polar surface area (TPSA) is 84.1 Å². The normalized spacial score (nSPS) is 10.8. The maximum atomic E-state index is 11.7. The molecule has 0 aliphatic rings. The van der Waals surface area contributed by atoms with Crippen LogP contribution in [0.2, 0.25) is 0 Å². The third-order valence-electron chi connectivity index (χ3n) is 2.97. The summed E-state index contributed by atoms with van der Waals surface area (Å²) in [5.74, 6) is 0.326. The SMILES string of the molecule is COCCc1c(C(=O)OC)nnn1Cc1nccn1C. The van der Waals surface area contributed by atoms with E-state index < -0.39 is 5.97 Å². The molecule has 0 atom stereocenters. The van der Waals surface area contributed by atoms with Gasteiger partial charge in [0.15, 0.2) is 5.69 Å². The van der Waals surface area contributed by atoms with Crippen LogP contribution in [0, 0.1) is 0 Å². The molecule has 0 aliphatic heterocycles. The van der Waals surface area contributed by atoms with Crippen molar-refractivity contribution in [3.63, 3.8) is 0 Å². The number of rotatable bonds is 6. The van der Waals surface area contributed by atoms with E-state index in [9.17, 15) is 4.79 Å². The highest BCUT2D eigenvalue weighted by molar-refractivity contribution is 5.88. The highest BCUT2D eigenvalue weighted by Gasteiger charge is 2.20. The maximum absolute atomic E-state index is 11.7. The summed E-state index contributed by atoms with van der Waals surface area (Å²) in [5, 5.41) is 7.91. The molecule has 0 radical (unpaired) electrons. The highest BCUT2D eigenvalue weighted by atomic mass is 16.5. The van der Waals surface area contributed by atoms with Gasteiger partial charge in [-0.3, -0.25) is 0 Å². The van der Waals surface area contributed by atoms with E-state index >= 15 is 0 Å². The molecule has 0 spiro atoms. The van der Waals surface area contributed by atoms with Gasteiger partial charge in [-0.1, -0.05) is 5.21 Å². The van der Waals surface area contributed by atoms with E-state index in [1.165, 1.54) is 7.11 Å². The first-order valence-corrected chi connectivity index (χ1v) is 6.13. The van der Waals surface area contributed by atoms with Gasteiger partial charge in [0.2, 0.25) is 0 Å². The number of imidazole rings is 1. The minimum absolute atomic E-state index is 0.221. The van der Waals surface area contributed by atoms with Crippen molar-refractivity contribution in [2.45, 2.75) is 13.0 Å². The number of methoxy groups -OCH3 is 2. The molecular weight excluding hydrogens is 262 g/mol. The van der Waals surface area contributed by atoms with Crippen molar-refractivity contribution in [3.05, 3.63) is 29.6 Å². The molecule has 2 rings (SSSR count). The fourth-order valence-corrected chi connectivity index (χ4v) is 1.84. The lowest BCUT2D eigenvalue weighted by molar-refractivity contribution is 0.0592. The van der Waals surface area contributed by atoms with Crippen molar-refractivity contribution in [2.24, 2.45) is 7.05 Å². The van der Waals surface area contributed by atoms with E-state index in [4.69, 9.17) is 9.47 Å². The molecule has 8 nitrogen and oxygen atoms in total. The van der Waals surface area contributed by atoms with Gasteiger partial charge in [-0.15, -0.1) is 5.10 Å². The van der Waals surface area contributed by atoms with E-state index in [0.29, 0.717) is 25.3 Å². The molecule has 0 fully saturated rings. The number of hydrogen-bond donors (Lipinski definition) is 0. The molecule has 2 heterocycles. The lowest BCUT2D eigenvalue weighted by Gasteiger charge is -2.07. The summed E-state index contributed by atoms with van der Waals surface area (Å²) < 4.78 is 13.3. The molecular formula is C12H17N5O3. The smallest absolute Gasteiger partial charge is 0.360 e. The van der Waals surface area contributed by atoms with Crippen LogP contribution in [0.5, 0.6) is 0 Å². The summed E-state index contributed by atoms with van der Waals surface area (Å²) in [7, 11) is 4.82. The quantitative estimate of drug-likeness (QED) is 0.694. The fraction of sp³-hybridized carbons (Fsp3) is 0.500. The third kappa shape index (κ3) is 2.85. The largest absolute Gasteiger partial charge is 0.464 e. The number of aryl methyl sites for hydroxylation is 1. The Morgan fingerprint density at radius 1 is 1.40 bits per heavy atom. The van der Waals surface area contributed by atoms with Crippen LogP contribution >= 0.6 is 0 Å². The molecule has 0 N–H and O–H groups in total. The van der Waals surface area contributed by atoms with Crippen LogP contribution in [-0.4, -0.2) is 51.3 Å². The van der Waals surface area contributed by atoms with Gasteiger partial charge in [-0.25, -0.2) is 14.5 Å². The number of hydrogen-bond acceptors (Lipinski definition) is 6. The summed E-state index contributed by atoms with van der Waals surface area (Å²) in [4.78, 5) is 15.9. The number of carbonyl (C=O) groups is 1. The molecule has 0 aromatic carbocycles. The Morgan fingerprint density at radius 2 is 2.20 bits per heavy atom. The standard InChI is InChI=1S/C12H17N5O3/c1-16-6-5-13-10(16)8-17-9(4-7-19-2)11(14-15-17)12(18)20-3/h5-6H,4,7-8H2,1-3H3. The molecule has 108 valence electrons. The minimum atomic E-state index is -0.498. The monoisotopic (exact) mass is 279 g/mol. The molecule has 2 aromatic heterocycles. The average Bonchev–Trinajstić information content (AvgIpc) is 3.03. The van der Waals surface area contributed by atoms with Crippen LogP contribution in [0.15, 0.2) is 12.4 Å². The van der Waals surface area contributed by atoms with Gasteiger partial charge < -0.3 is 14.0 Å². The number of esters is 1. The number of nitrogens with zero attached hydrogens (tertiary/aromatic N) is 5. The Labute approximate surface area is 116 Å². The van der Waals surface area contributed by atoms with Gasteiger partial charge >= 0.3 is 5.97 Å². The van der Waals surface area contributed by atoms with Crippen LogP contribution < -0.4 is 0 Å². The molecule has 0 amide bonds. The molecule has 0 bridgehead atoms. The van der Waals surface area contributed by atoms with E-state index in [-0.39, 0.29) is 5.69 Å². The second-order valence-corrected chi connectivity index (χ2v) is 4.23. The molecule has 20 heavy (non-hydrogen) atoms. The molecule has 0 saturated carbocycles. The zero-order valence-electron chi connectivity index (χ0n) is 11.7. The van der Waals surface area contributed by atoms with Gasteiger partial charge in [0.1, 0.15) is 12.4 Å². The van der Waals surface area contributed by atoms with Crippen molar-refractivity contribution in [2.75, 3.05) is 20.8 Å². The first kappa shape index (κ1) is 14.2. The summed E-state index contributed by atoms with van der Waals surface area (Å²) in [6.45, 7) is 0.907. The molecule has 0 unspecified atom stereocenters. The number of aromatic nitrogens is 5. The lowest BCUT2D eigenvalue weighted by Crippen LogP contribution is -2.14. The van der Waals surface area contributed by atoms with Crippen molar-refractivity contribution in [1.82, 2.24) is 24.5 Å². The van der Waals surface area contributed by atoms with Gasteiger partial charge in [-0.05, 0) is 0 Å². The van der Waals surface area contributed by atoms with E-state index in [0.717, 1.165) is 5.82 Å². The zero-order valence-corrected chi connectivity index (χ0v) is 11.7. The van der Waals surface area contributed by atoms with Crippen LogP contribution in [-0.2, 0) is 29.5 Å². The molecule has 8 heteroatoms. The van der Waals surface area contributed by atoms with Gasteiger partial charge in [0.05, 0.1) is 19.4 Å². The summed E-state index contributed by atoms with van der Waals surface area (Å²) in [5.41, 5.74) is 0.903. The van der Waals surface area contributed by atoms with Crippen LogP contribution in [0.1, 0.15) is 22.0 Å². The molecule has 0 saturated heterocycles. The lowest BCUT2D eigenvalue weighted by atomic mass is 10.2. The molecule has 0 aliphatic carbocycles. The highest BCUT2D eigenvalue weighted by Crippen LogP contribution is 2.10. The first-order valence-electron chi connectivity index (χ1n) is 6.13. The van der Waals surface area contributed by atoms with Crippen LogP contribution in [0.4, 0.5) is 0 Å². The Hall–Kier alpha value is -2.22. The Kier molecular flexibility index (Phi) is 4.46. The van der Waals surface area contributed by atoms with Crippen molar-refractivity contribution < 1.29 is 14.3 Å². The Morgan fingerprint density at radius 3 is 2.80 bits per heavy atom. The van der Waals surface area contributed by atoms with Crippen LogP contribution in [0.25, 0.3) is 0 Å². The van der Waals surface area contributed by atoms with Crippen molar-refractivity contribution in [1.29, 1.82) is 0 Å². The summed E-state index contributed by atoms with van der Waals surface area (Å²) in [6.07, 6.45) is 4.09. The van der Waals surface area contributed by atoms with E-state index in [1.807, 2.05) is 17.8 Å². The van der Waals surface area contributed by atoms with Crippen LogP contribution in [0.3, 0.4) is 0 Å². The van der Waals surface area contributed by atoms with Gasteiger partial charge in [0, 0.05) is 33.0 Å². The van der Waals surface area contributed by atoms with Gasteiger partial charge in [-0.2, -0.15) is 0 Å². The second-order valence-electron chi connectivity index (χ2n) is 4.23. The summed E-state index contributed by atoms with van der Waals surface area (Å²) in [6, 6.07) is 0. The fourth-order valence-electron chi connectivity index (χ4n) is 1.84. The predicted octanol–water partition coefficient (Wildman–Crippen LogP) is 0.0354. The first-order chi connectivity index (χ1) is 9.67. The Balaban J connectivity index is 2.29. The van der Waals surface area contributed by atoms with E-state index in [2.05, 4.69) is 15.3 Å². The van der Waals surface area contributed by atoms with Crippen molar-refractivity contribution >= 4 is 5.97 Å². The average molecular weight is 279 g/mol. The predicted molar refractivity (Wildman–Crippen MR) is 69.3 cm³/mol.